The van der Waals surface area contributed by atoms with Crippen LogP contribution in [-0.4, -0.2) is 34.2 Å². The number of anilines is 1. The van der Waals surface area contributed by atoms with Crippen LogP contribution in [-0.2, 0) is 14.4 Å². The number of nitrogens with one attached hydrogen (secondary N) is 1. The van der Waals surface area contributed by atoms with Gasteiger partial charge in [0.2, 0.25) is 17.7 Å². The van der Waals surface area contributed by atoms with Crippen LogP contribution in [0.15, 0.2) is 48.7 Å². The van der Waals surface area contributed by atoms with E-state index in [4.69, 9.17) is 0 Å². The highest BCUT2D eigenvalue weighted by atomic mass is 16.2. The van der Waals surface area contributed by atoms with Gasteiger partial charge in [-0.3, -0.25) is 24.3 Å². The first-order chi connectivity index (χ1) is 13.1. The van der Waals surface area contributed by atoms with Crippen LogP contribution in [0.1, 0.15) is 12.8 Å². The van der Waals surface area contributed by atoms with Crippen LogP contribution in [0.25, 0.3) is 10.9 Å². The predicted octanol–water partition coefficient (Wildman–Crippen LogP) is 2.37. The fourth-order valence-electron chi connectivity index (χ4n) is 4.77. The average Bonchev–Trinajstić information content (AvgIpc) is 3.35. The lowest BCUT2D eigenvalue weighted by molar-refractivity contribution is -0.140. The monoisotopic (exact) mass is 361 g/mol. The summed E-state index contributed by atoms with van der Waals surface area (Å²) in [6, 6.07) is 9.29. The Hall–Kier alpha value is -3.02. The summed E-state index contributed by atoms with van der Waals surface area (Å²) in [4.78, 5) is 43.1. The maximum atomic E-state index is 12.6. The Labute approximate surface area is 156 Å². The van der Waals surface area contributed by atoms with E-state index in [2.05, 4.69) is 22.5 Å². The lowest BCUT2D eigenvalue weighted by Gasteiger charge is -2.17. The molecule has 2 aliphatic carbocycles. The molecule has 1 saturated heterocycles. The molecule has 4 atom stereocenters. The number of pyridine rings is 1. The summed E-state index contributed by atoms with van der Waals surface area (Å²) >= 11 is 0. The number of benzene rings is 1. The Morgan fingerprint density at radius 3 is 2.59 bits per heavy atom. The Morgan fingerprint density at radius 1 is 1.11 bits per heavy atom. The zero-order chi connectivity index (χ0) is 18.5. The third kappa shape index (κ3) is 2.55. The summed E-state index contributed by atoms with van der Waals surface area (Å²) in [5, 5.41) is 3.78. The predicted molar refractivity (Wildman–Crippen MR) is 99.4 cm³/mol. The number of nitrogens with zero attached hydrogens (tertiary/aromatic N) is 2. The van der Waals surface area contributed by atoms with Crippen LogP contribution in [0.5, 0.6) is 0 Å². The first-order valence-electron chi connectivity index (χ1n) is 9.30. The van der Waals surface area contributed by atoms with Crippen LogP contribution in [0.3, 0.4) is 0 Å². The topological polar surface area (TPSA) is 79.4 Å². The third-order valence-electron chi connectivity index (χ3n) is 6.01. The zero-order valence-electron chi connectivity index (χ0n) is 14.7. The lowest BCUT2D eigenvalue weighted by atomic mass is 9.85. The maximum Gasteiger partial charge on any atom is 0.233 e. The molecular formula is C21H19N3O3. The van der Waals surface area contributed by atoms with Gasteiger partial charge >= 0.3 is 0 Å². The van der Waals surface area contributed by atoms with Crippen molar-refractivity contribution in [3.8, 4) is 0 Å². The fourth-order valence-corrected chi connectivity index (χ4v) is 4.77. The normalized spacial score (nSPS) is 28.2. The molecule has 6 nitrogen and oxygen atoms in total. The molecule has 2 bridgehead atoms. The molecule has 0 spiro atoms. The van der Waals surface area contributed by atoms with Gasteiger partial charge in [-0.25, -0.2) is 0 Å². The summed E-state index contributed by atoms with van der Waals surface area (Å²) in [6.45, 7) is 0.144. The number of imide groups is 1. The molecule has 0 radical (unpaired) electrons. The molecule has 5 rings (SSSR count). The lowest BCUT2D eigenvalue weighted by Crippen LogP contribution is -2.35. The summed E-state index contributed by atoms with van der Waals surface area (Å²) in [5.74, 6) is -0.440. The van der Waals surface area contributed by atoms with Gasteiger partial charge in [0.25, 0.3) is 0 Å². The van der Waals surface area contributed by atoms with Crippen LogP contribution < -0.4 is 5.32 Å². The molecule has 6 heteroatoms. The van der Waals surface area contributed by atoms with Crippen molar-refractivity contribution in [3.05, 3.63) is 48.7 Å². The van der Waals surface area contributed by atoms with E-state index in [1.165, 1.54) is 4.90 Å². The minimum Gasteiger partial charge on any atom is -0.326 e. The molecule has 3 aliphatic rings. The van der Waals surface area contributed by atoms with Crippen molar-refractivity contribution >= 4 is 34.3 Å². The number of carbonyl (C=O) groups is 3. The van der Waals surface area contributed by atoms with Gasteiger partial charge < -0.3 is 5.32 Å². The van der Waals surface area contributed by atoms with Gasteiger partial charge in [0.15, 0.2) is 0 Å². The summed E-state index contributed by atoms with van der Waals surface area (Å²) in [6.07, 6.45) is 6.88. The van der Waals surface area contributed by atoms with Crippen LogP contribution in [0.2, 0.25) is 0 Å². The van der Waals surface area contributed by atoms with Crippen molar-refractivity contribution in [3.63, 3.8) is 0 Å². The van der Waals surface area contributed by atoms with Crippen molar-refractivity contribution in [2.45, 2.75) is 12.8 Å². The third-order valence-corrected chi connectivity index (χ3v) is 6.01. The number of aromatic nitrogens is 1. The minimum absolute atomic E-state index is 0.102. The number of fused-ring (bicyclic) bond motifs is 6. The molecule has 1 aliphatic heterocycles. The molecule has 2 aromatic rings. The molecule has 27 heavy (non-hydrogen) atoms. The van der Waals surface area contributed by atoms with Crippen molar-refractivity contribution in [1.29, 1.82) is 0 Å². The van der Waals surface area contributed by atoms with E-state index in [1.807, 2.05) is 24.3 Å². The van der Waals surface area contributed by atoms with Crippen molar-refractivity contribution in [1.82, 2.24) is 9.88 Å². The molecule has 2 fully saturated rings. The number of hydrogen-bond donors (Lipinski definition) is 1. The van der Waals surface area contributed by atoms with Gasteiger partial charge in [-0.05, 0) is 42.5 Å². The van der Waals surface area contributed by atoms with Gasteiger partial charge in [0, 0.05) is 30.2 Å². The molecule has 136 valence electrons. The number of amides is 3. The number of likely N-dealkylation sites (tertiary alicyclic amines) is 1. The van der Waals surface area contributed by atoms with Crippen LogP contribution in [0.4, 0.5) is 5.69 Å². The second-order valence-electron chi connectivity index (χ2n) is 7.54. The van der Waals surface area contributed by atoms with E-state index in [-0.39, 0.29) is 54.4 Å². The summed E-state index contributed by atoms with van der Waals surface area (Å²) in [5.41, 5.74) is 1.54. The smallest absolute Gasteiger partial charge is 0.233 e. The highest BCUT2D eigenvalue weighted by molar-refractivity contribution is 6.06. The molecule has 1 aromatic carbocycles. The highest BCUT2D eigenvalue weighted by Gasteiger charge is 2.58. The number of carbonyl (C=O) groups excluding carboxylic acids is 3. The Balaban J connectivity index is 1.23. The van der Waals surface area contributed by atoms with Crippen molar-refractivity contribution in [2.24, 2.45) is 23.7 Å². The Morgan fingerprint density at radius 2 is 1.85 bits per heavy atom. The Kier molecular flexibility index (Phi) is 3.60. The minimum atomic E-state index is -0.211. The standard InChI is InChI=1S/C21H19N3O3/c25-17(23-15-5-6-16-12(11-15)2-1-8-22-16)7-9-24-20(26)18-13-3-4-14(10-13)19(18)21(24)27/h1-6,8,11,13-14,18-19H,7,9-10H2,(H,23,25)/t13-,14-,18+,19+/m0/s1. The van der Waals surface area contributed by atoms with E-state index in [9.17, 15) is 14.4 Å². The first-order valence-corrected chi connectivity index (χ1v) is 9.30. The molecule has 1 N–H and O–H groups in total. The van der Waals surface area contributed by atoms with Gasteiger partial charge in [-0.15, -0.1) is 0 Å². The van der Waals surface area contributed by atoms with Gasteiger partial charge in [-0.1, -0.05) is 18.2 Å². The molecule has 0 unspecified atom stereocenters. The van der Waals surface area contributed by atoms with E-state index >= 15 is 0 Å². The highest BCUT2D eigenvalue weighted by Crippen LogP contribution is 2.52. The molecule has 3 amide bonds. The Bertz CT molecular complexity index is 969. The van der Waals surface area contributed by atoms with Crippen molar-refractivity contribution in [2.75, 3.05) is 11.9 Å². The quantitative estimate of drug-likeness (QED) is 0.670. The summed E-state index contributed by atoms with van der Waals surface area (Å²) < 4.78 is 0. The van der Waals surface area contributed by atoms with E-state index in [0.29, 0.717) is 5.69 Å². The first kappa shape index (κ1) is 16.2. The molecular weight excluding hydrogens is 342 g/mol. The number of hydrogen-bond acceptors (Lipinski definition) is 4. The van der Waals surface area contributed by atoms with Gasteiger partial charge in [0.05, 0.1) is 17.4 Å². The zero-order valence-corrected chi connectivity index (χ0v) is 14.7. The van der Waals surface area contributed by atoms with Crippen molar-refractivity contribution < 1.29 is 14.4 Å². The number of rotatable bonds is 4. The van der Waals surface area contributed by atoms with E-state index in [0.717, 1.165) is 17.3 Å². The van der Waals surface area contributed by atoms with Gasteiger partial charge in [-0.2, -0.15) is 0 Å². The SMILES string of the molecule is O=C(CCN1C(=O)[C@H]2[C@H](C1=O)[C@H]1C=C[C@H]2C1)Nc1ccc2ncccc2c1. The molecule has 1 aromatic heterocycles. The summed E-state index contributed by atoms with van der Waals surface area (Å²) in [7, 11) is 0. The van der Waals surface area contributed by atoms with E-state index in [1.54, 1.807) is 12.3 Å². The van der Waals surface area contributed by atoms with Crippen LogP contribution in [0, 0.1) is 23.7 Å². The largest absolute Gasteiger partial charge is 0.326 e. The maximum absolute atomic E-state index is 12.6. The average molecular weight is 361 g/mol. The second kappa shape index (κ2) is 6.01. The number of allylic oxidation sites excluding steroid dienone is 2. The fraction of sp³-hybridized carbons (Fsp3) is 0.333. The second-order valence-corrected chi connectivity index (χ2v) is 7.54. The molecule has 2 heterocycles. The van der Waals surface area contributed by atoms with Gasteiger partial charge in [0.1, 0.15) is 0 Å². The van der Waals surface area contributed by atoms with Crippen LogP contribution >= 0.6 is 0 Å². The van der Waals surface area contributed by atoms with E-state index < -0.39 is 0 Å². The molecule has 1 saturated carbocycles.